The molecule has 6 rings (SSSR count). The van der Waals surface area contributed by atoms with Gasteiger partial charge in [0.2, 0.25) is 6.79 Å². The van der Waals surface area contributed by atoms with Crippen molar-refractivity contribution >= 4 is 17.2 Å². The fourth-order valence-electron chi connectivity index (χ4n) is 4.92. The lowest BCUT2D eigenvalue weighted by atomic mass is 9.78. The molecular formula is C23H21NO7. The number of fused-ring (bicyclic) bond motifs is 6. The zero-order valence-electron chi connectivity index (χ0n) is 16.9. The second-order valence-corrected chi connectivity index (χ2v) is 8.56. The molecule has 2 aromatic carbocycles. The van der Waals surface area contributed by atoms with Gasteiger partial charge in [0.15, 0.2) is 17.3 Å². The maximum atomic E-state index is 13.8. The third-order valence-corrected chi connectivity index (χ3v) is 6.16. The van der Waals surface area contributed by atoms with Crippen LogP contribution in [-0.4, -0.2) is 53.1 Å². The Balaban J connectivity index is 1.58. The van der Waals surface area contributed by atoms with E-state index in [-0.39, 0.29) is 18.4 Å². The first-order valence-corrected chi connectivity index (χ1v) is 10.1. The molecule has 1 fully saturated rings. The van der Waals surface area contributed by atoms with Crippen LogP contribution in [0.4, 0.5) is 5.69 Å². The highest BCUT2D eigenvalue weighted by atomic mass is 16.8. The quantitative estimate of drug-likeness (QED) is 0.727. The average Bonchev–Trinajstić information content (AvgIpc) is 3.32. The van der Waals surface area contributed by atoms with Crippen molar-refractivity contribution < 1.29 is 34.0 Å². The Kier molecular flexibility index (Phi) is 3.75. The van der Waals surface area contributed by atoms with Crippen LogP contribution in [0.1, 0.15) is 29.8 Å². The van der Waals surface area contributed by atoms with Crippen LogP contribution in [0.2, 0.25) is 0 Å². The largest absolute Gasteiger partial charge is 0.508 e. The molecule has 0 spiro atoms. The van der Waals surface area contributed by atoms with Crippen molar-refractivity contribution in [3.8, 4) is 17.2 Å². The van der Waals surface area contributed by atoms with Crippen molar-refractivity contribution in [2.75, 3.05) is 11.7 Å². The van der Waals surface area contributed by atoms with E-state index in [1.54, 1.807) is 49.1 Å². The predicted octanol–water partition coefficient (Wildman–Crippen LogP) is 2.43. The smallest absolute Gasteiger partial charge is 0.259 e. The summed E-state index contributed by atoms with van der Waals surface area (Å²) < 4.78 is 23.2. The number of aliphatic hydroxyl groups excluding tert-OH is 1. The molecule has 0 radical (unpaired) electrons. The fourth-order valence-corrected chi connectivity index (χ4v) is 4.92. The molecule has 3 aliphatic heterocycles. The standard InChI is InChI=1S/C23H21NO7/c1-23(2)30-20-16(26)7-14-13-8-17-18(29-10-28-17)9-15(13)22(27)24(19(14)21(20)31-23)11-3-5-12(25)6-4-11/h3-9,16,19-21,25-26H,10H2,1-2H3/t16-,19+,20+,21-/m0/s1. The van der Waals surface area contributed by atoms with Gasteiger partial charge in [-0.15, -0.1) is 0 Å². The summed E-state index contributed by atoms with van der Waals surface area (Å²) in [5, 5.41) is 20.6. The lowest BCUT2D eigenvalue weighted by Crippen LogP contribution is -2.58. The first kappa shape index (κ1) is 18.7. The number of amides is 1. The van der Waals surface area contributed by atoms with Crippen LogP contribution in [0.15, 0.2) is 42.5 Å². The molecule has 4 atom stereocenters. The number of rotatable bonds is 1. The van der Waals surface area contributed by atoms with E-state index in [1.165, 1.54) is 12.1 Å². The molecule has 3 heterocycles. The van der Waals surface area contributed by atoms with E-state index in [0.29, 0.717) is 28.3 Å². The number of aliphatic hydroxyl groups is 1. The summed E-state index contributed by atoms with van der Waals surface area (Å²) in [4.78, 5) is 15.4. The van der Waals surface area contributed by atoms with E-state index in [0.717, 1.165) is 5.57 Å². The molecule has 0 bridgehead atoms. The molecule has 4 aliphatic rings. The maximum Gasteiger partial charge on any atom is 0.259 e. The van der Waals surface area contributed by atoms with Crippen LogP contribution in [0, 0.1) is 0 Å². The van der Waals surface area contributed by atoms with Gasteiger partial charge in [-0.3, -0.25) is 9.69 Å². The summed E-state index contributed by atoms with van der Waals surface area (Å²) in [5.41, 5.74) is 2.49. The molecule has 8 heteroatoms. The number of anilines is 1. The highest BCUT2D eigenvalue weighted by Gasteiger charge is 2.56. The number of phenols is 1. The van der Waals surface area contributed by atoms with E-state index in [2.05, 4.69) is 0 Å². The Bertz CT molecular complexity index is 1120. The van der Waals surface area contributed by atoms with Crippen LogP contribution in [-0.2, 0) is 9.47 Å². The van der Waals surface area contributed by atoms with Gasteiger partial charge in [-0.1, -0.05) is 0 Å². The highest BCUT2D eigenvalue weighted by Crippen LogP contribution is 2.49. The van der Waals surface area contributed by atoms with E-state index >= 15 is 0 Å². The Labute approximate surface area is 178 Å². The van der Waals surface area contributed by atoms with Gasteiger partial charge in [0.25, 0.3) is 5.91 Å². The summed E-state index contributed by atoms with van der Waals surface area (Å²) in [6, 6.07) is 9.38. The van der Waals surface area contributed by atoms with E-state index in [1.807, 2.05) is 0 Å². The van der Waals surface area contributed by atoms with Gasteiger partial charge in [-0.05, 0) is 67.5 Å². The Hall–Kier alpha value is -3.07. The van der Waals surface area contributed by atoms with Crippen LogP contribution < -0.4 is 14.4 Å². The normalized spacial score (nSPS) is 29.8. The zero-order chi connectivity index (χ0) is 21.5. The van der Waals surface area contributed by atoms with Gasteiger partial charge in [0, 0.05) is 5.69 Å². The number of ether oxygens (including phenoxy) is 4. The molecule has 1 aliphatic carbocycles. The van der Waals surface area contributed by atoms with Gasteiger partial charge in [-0.2, -0.15) is 0 Å². The van der Waals surface area contributed by atoms with Crippen LogP contribution in [0.5, 0.6) is 17.2 Å². The summed E-state index contributed by atoms with van der Waals surface area (Å²) >= 11 is 0. The minimum absolute atomic E-state index is 0.0923. The van der Waals surface area contributed by atoms with Crippen molar-refractivity contribution in [3.05, 3.63) is 53.6 Å². The summed E-state index contributed by atoms with van der Waals surface area (Å²) in [7, 11) is 0. The third-order valence-electron chi connectivity index (χ3n) is 6.16. The second kappa shape index (κ2) is 6.23. The van der Waals surface area contributed by atoms with Gasteiger partial charge in [0.1, 0.15) is 24.1 Å². The molecule has 8 nitrogen and oxygen atoms in total. The molecule has 160 valence electrons. The monoisotopic (exact) mass is 423 g/mol. The van der Waals surface area contributed by atoms with Gasteiger partial charge >= 0.3 is 0 Å². The van der Waals surface area contributed by atoms with Crippen molar-refractivity contribution in [2.24, 2.45) is 0 Å². The number of carbonyl (C=O) groups is 1. The van der Waals surface area contributed by atoms with Gasteiger partial charge in [0.05, 0.1) is 11.6 Å². The molecule has 0 saturated carbocycles. The summed E-state index contributed by atoms with van der Waals surface area (Å²) in [6.45, 7) is 3.67. The fraction of sp³-hybridized carbons (Fsp3) is 0.348. The number of benzene rings is 2. The first-order chi connectivity index (χ1) is 14.8. The second-order valence-electron chi connectivity index (χ2n) is 8.56. The molecule has 1 saturated heterocycles. The van der Waals surface area contributed by atoms with Crippen molar-refractivity contribution in [1.82, 2.24) is 0 Å². The van der Waals surface area contributed by atoms with Gasteiger partial charge in [-0.25, -0.2) is 0 Å². The molecule has 2 aromatic rings. The Morgan fingerprint density at radius 1 is 1.00 bits per heavy atom. The van der Waals surface area contributed by atoms with Gasteiger partial charge < -0.3 is 29.2 Å². The number of carbonyl (C=O) groups excluding carboxylic acids is 1. The van der Waals surface area contributed by atoms with Crippen molar-refractivity contribution in [2.45, 2.75) is 44.0 Å². The van der Waals surface area contributed by atoms with E-state index in [9.17, 15) is 15.0 Å². The van der Waals surface area contributed by atoms with Crippen LogP contribution >= 0.6 is 0 Å². The molecule has 0 unspecified atom stereocenters. The molecule has 1 amide bonds. The Morgan fingerprint density at radius 3 is 2.35 bits per heavy atom. The molecule has 2 N–H and O–H groups in total. The average molecular weight is 423 g/mol. The van der Waals surface area contributed by atoms with E-state index in [4.69, 9.17) is 18.9 Å². The SMILES string of the molecule is CC1(C)O[C@@H]2[C@H](O1)[C@@H](O)C=C1c3cc4c(cc3C(=O)N(c3ccc(O)cc3)[C@H]12)OCO4. The first-order valence-electron chi connectivity index (χ1n) is 10.1. The lowest BCUT2D eigenvalue weighted by Gasteiger charge is -2.45. The predicted molar refractivity (Wildman–Crippen MR) is 109 cm³/mol. The molecule has 0 aromatic heterocycles. The number of hydrogen-bond donors (Lipinski definition) is 2. The van der Waals surface area contributed by atoms with Crippen molar-refractivity contribution in [1.29, 1.82) is 0 Å². The van der Waals surface area contributed by atoms with Crippen molar-refractivity contribution in [3.63, 3.8) is 0 Å². The number of phenolic OH excluding ortho intramolecular Hbond substituents is 1. The highest BCUT2D eigenvalue weighted by molar-refractivity contribution is 6.15. The third kappa shape index (κ3) is 2.69. The van der Waals surface area contributed by atoms with E-state index < -0.39 is 30.1 Å². The van der Waals surface area contributed by atoms with Crippen LogP contribution in [0.3, 0.4) is 0 Å². The maximum absolute atomic E-state index is 13.8. The molecule has 31 heavy (non-hydrogen) atoms. The minimum atomic E-state index is -0.904. The topological polar surface area (TPSA) is 97.7 Å². The summed E-state index contributed by atoms with van der Waals surface area (Å²) in [6.07, 6.45) is -0.364. The minimum Gasteiger partial charge on any atom is -0.508 e. The Morgan fingerprint density at radius 2 is 1.65 bits per heavy atom. The number of hydrogen-bond acceptors (Lipinski definition) is 7. The number of nitrogens with zero attached hydrogens (tertiary/aromatic N) is 1. The molecular weight excluding hydrogens is 402 g/mol. The van der Waals surface area contributed by atoms with Crippen LogP contribution in [0.25, 0.3) is 5.57 Å². The number of aromatic hydroxyl groups is 1. The summed E-state index contributed by atoms with van der Waals surface area (Å²) in [5.74, 6) is 0.0339. The lowest BCUT2D eigenvalue weighted by molar-refractivity contribution is -0.152. The zero-order valence-corrected chi connectivity index (χ0v) is 16.9.